The third-order valence-corrected chi connectivity index (χ3v) is 0.0833. The molecule has 0 spiro atoms. The average Bonchev–Trinajstić information content (AvgIpc) is 1.37. The van der Waals surface area contributed by atoms with E-state index in [0.29, 0.717) is 0 Å². The van der Waals surface area contributed by atoms with Gasteiger partial charge in [0.15, 0.2) is 0 Å². The van der Waals surface area contributed by atoms with E-state index in [1.54, 1.807) is 0 Å². The Morgan fingerprint density at radius 1 is 0.857 bits per heavy atom. The zero-order chi connectivity index (χ0) is 3.41. The molecule has 44 valence electrons. The second-order valence-corrected chi connectivity index (χ2v) is 0.408. The normalized spacial score (nSPS) is 4.29. The van der Waals surface area contributed by atoms with Gasteiger partial charge >= 0.3 is 23.7 Å². The Hall–Kier alpha value is 1.29. The van der Waals surface area contributed by atoms with Crippen LogP contribution in [0.15, 0.2) is 0 Å². The standard InChI is InChI=1S/C2H4O2.2ClH.Te/c3-1-2-4;;;/h1-2H2;2*1H;/q-2;;;+4/p-2. The molecule has 0 saturated heterocycles. The molecule has 0 N–H and O–H groups in total. The van der Waals surface area contributed by atoms with Crippen LogP contribution in [0, 0.1) is 0 Å². The predicted octanol–water partition coefficient (Wildman–Crippen LogP) is -8.67. The first-order valence-corrected chi connectivity index (χ1v) is 1.08. The Kier molecular flexibility index (Phi) is 91.1. The van der Waals surface area contributed by atoms with Gasteiger partial charge in [0.05, 0.1) is 0 Å². The molecule has 0 aromatic heterocycles. The number of halogens is 2. The molecular weight excluding hydrogens is 255 g/mol. The largest absolute Gasteiger partial charge is 4.00 e. The van der Waals surface area contributed by atoms with E-state index in [0.717, 1.165) is 0 Å². The van der Waals surface area contributed by atoms with Crippen LogP contribution in [0.5, 0.6) is 0 Å². The van der Waals surface area contributed by atoms with Gasteiger partial charge in [0.25, 0.3) is 0 Å². The maximum absolute atomic E-state index is 8.99. The molecule has 0 saturated carbocycles. The molecule has 7 heavy (non-hydrogen) atoms. The van der Waals surface area contributed by atoms with Crippen molar-refractivity contribution in [3.63, 3.8) is 0 Å². The molecule has 2 radical (unpaired) electrons. The fourth-order valence-electron chi connectivity index (χ4n) is 0. The summed E-state index contributed by atoms with van der Waals surface area (Å²) in [5.74, 6) is 0. The van der Waals surface area contributed by atoms with Crippen molar-refractivity contribution in [2.75, 3.05) is 13.2 Å². The number of hydrogen-bond donors (Lipinski definition) is 0. The molecule has 0 bridgehead atoms. The fourth-order valence-corrected chi connectivity index (χ4v) is 0. The first kappa shape index (κ1) is 23.9. The molecule has 0 atom stereocenters. The quantitative estimate of drug-likeness (QED) is 0.439. The van der Waals surface area contributed by atoms with Gasteiger partial charge in [-0.25, -0.2) is 0 Å². The van der Waals surface area contributed by atoms with Crippen LogP contribution in [0.3, 0.4) is 0 Å². The van der Waals surface area contributed by atoms with Crippen LogP contribution in [0.2, 0.25) is 0 Å². The summed E-state index contributed by atoms with van der Waals surface area (Å²) in [4.78, 5) is 0. The smallest absolute Gasteiger partial charge is 1.00 e. The Morgan fingerprint density at radius 3 is 1.00 bits per heavy atom. The van der Waals surface area contributed by atoms with Gasteiger partial charge in [-0.15, -0.1) is 0 Å². The minimum atomic E-state index is -0.486. The van der Waals surface area contributed by atoms with E-state index >= 15 is 0 Å². The zero-order valence-corrected chi connectivity index (χ0v) is 7.24. The minimum Gasteiger partial charge on any atom is -1.00 e. The molecule has 0 rings (SSSR count). The van der Waals surface area contributed by atoms with E-state index in [9.17, 15) is 0 Å². The second-order valence-electron chi connectivity index (χ2n) is 0.408. The van der Waals surface area contributed by atoms with E-state index in [1.165, 1.54) is 0 Å². The van der Waals surface area contributed by atoms with Crippen molar-refractivity contribution in [1.82, 2.24) is 0 Å². The summed E-state index contributed by atoms with van der Waals surface area (Å²) in [5.41, 5.74) is 0. The number of rotatable bonds is 1. The Labute approximate surface area is 71.8 Å². The van der Waals surface area contributed by atoms with E-state index in [1.807, 2.05) is 0 Å². The Bertz CT molecular complexity index is 15.7. The molecule has 0 aromatic rings. The zero-order valence-electron chi connectivity index (χ0n) is 3.39. The van der Waals surface area contributed by atoms with E-state index in [-0.39, 0.29) is 48.5 Å². The monoisotopic (exact) mass is 260 g/mol. The molecule has 2 nitrogen and oxygen atoms in total. The average molecular weight is 259 g/mol. The van der Waals surface area contributed by atoms with Crippen molar-refractivity contribution >= 4 is 23.7 Å². The summed E-state index contributed by atoms with van der Waals surface area (Å²) in [6.45, 7) is -0.972. The summed E-state index contributed by atoms with van der Waals surface area (Å²) in [5, 5.41) is 18.0. The summed E-state index contributed by atoms with van der Waals surface area (Å²) < 4.78 is 0. The van der Waals surface area contributed by atoms with Gasteiger partial charge in [-0.2, -0.15) is 13.2 Å². The molecule has 0 amide bonds. The van der Waals surface area contributed by atoms with Gasteiger partial charge in [0, 0.05) is 0 Å². The molecule has 0 fully saturated rings. The summed E-state index contributed by atoms with van der Waals surface area (Å²) >= 11 is 0. The van der Waals surface area contributed by atoms with Crippen LogP contribution in [0.1, 0.15) is 0 Å². The van der Waals surface area contributed by atoms with Crippen LogP contribution >= 0.6 is 0 Å². The molecule has 0 unspecified atom stereocenters. The molecule has 0 aliphatic carbocycles. The van der Waals surface area contributed by atoms with Crippen LogP contribution in [0.25, 0.3) is 0 Å². The molecule has 0 aliphatic rings. The van der Waals surface area contributed by atoms with Crippen molar-refractivity contribution in [3.8, 4) is 0 Å². The summed E-state index contributed by atoms with van der Waals surface area (Å²) in [6, 6.07) is 0. The van der Waals surface area contributed by atoms with Crippen molar-refractivity contribution in [3.05, 3.63) is 0 Å². The van der Waals surface area contributed by atoms with E-state index in [4.69, 9.17) is 10.2 Å². The predicted molar refractivity (Wildman–Crippen MR) is 15.5 cm³/mol. The molecule has 0 aliphatic heterocycles. The molecule has 0 aromatic carbocycles. The maximum atomic E-state index is 8.99. The Morgan fingerprint density at radius 2 is 1.00 bits per heavy atom. The van der Waals surface area contributed by atoms with Crippen molar-refractivity contribution in [1.29, 1.82) is 0 Å². The van der Waals surface area contributed by atoms with Gasteiger partial charge in [-0.1, -0.05) is 0 Å². The third-order valence-electron chi connectivity index (χ3n) is 0.0833. The summed E-state index contributed by atoms with van der Waals surface area (Å²) in [7, 11) is 0. The SMILES string of the molecule is [Cl-].[Cl-].[O-]CC[O-].[Te+4]. The second kappa shape index (κ2) is 26.6. The van der Waals surface area contributed by atoms with Gasteiger partial charge in [-0.05, 0) is 0 Å². The molecule has 5 heteroatoms. The molecule has 0 heterocycles. The van der Waals surface area contributed by atoms with Crippen LogP contribution < -0.4 is 35.0 Å². The molecular formula is C2H4Cl2O2Te. The van der Waals surface area contributed by atoms with Crippen LogP contribution in [-0.4, -0.2) is 36.9 Å². The summed E-state index contributed by atoms with van der Waals surface area (Å²) in [6.07, 6.45) is 0. The number of hydrogen-bond acceptors (Lipinski definition) is 2. The fraction of sp³-hybridized carbons (Fsp3) is 1.00. The van der Waals surface area contributed by atoms with Crippen LogP contribution in [0.4, 0.5) is 0 Å². The third kappa shape index (κ3) is 38.9. The van der Waals surface area contributed by atoms with Gasteiger partial charge in [0.2, 0.25) is 0 Å². The minimum absolute atomic E-state index is 0. The Balaban J connectivity index is -0.0000000150. The van der Waals surface area contributed by atoms with Crippen LogP contribution in [-0.2, 0) is 0 Å². The van der Waals surface area contributed by atoms with Gasteiger partial charge < -0.3 is 35.0 Å². The maximum Gasteiger partial charge on any atom is 4.00 e. The first-order chi connectivity index (χ1) is 1.91. The first-order valence-electron chi connectivity index (χ1n) is 1.08. The van der Waals surface area contributed by atoms with E-state index in [2.05, 4.69) is 0 Å². The van der Waals surface area contributed by atoms with Crippen molar-refractivity contribution in [2.45, 2.75) is 0 Å². The van der Waals surface area contributed by atoms with Gasteiger partial charge in [0.1, 0.15) is 0 Å². The van der Waals surface area contributed by atoms with Gasteiger partial charge in [-0.3, -0.25) is 0 Å². The topological polar surface area (TPSA) is 46.1 Å². The van der Waals surface area contributed by atoms with Crippen molar-refractivity contribution in [2.24, 2.45) is 0 Å². The van der Waals surface area contributed by atoms with Crippen molar-refractivity contribution < 1.29 is 35.0 Å². The van der Waals surface area contributed by atoms with E-state index < -0.39 is 13.2 Å².